The second-order valence-corrected chi connectivity index (χ2v) is 12.6. The molecular weight excluding hydrogens is 764 g/mol. The number of nitrogens with zero attached hydrogens (tertiary/aromatic N) is 10. The van der Waals surface area contributed by atoms with Crippen molar-refractivity contribution in [2.24, 2.45) is 9.98 Å². The number of rotatable bonds is 5. The largest absolute Gasteiger partial charge is 0.497 e. The van der Waals surface area contributed by atoms with E-state index in [1.54, 1.807) is 55.0 Å². The zero-order chi connectivity index (χ0) is 41.4. The molecule has 306 valence electrons. The molecule has 3 aromatic heterocycles. The molecule has 6 heterocycles. The third kappa shape index (κ3) is 15.4. The van der Waals surface area contributed by atoms with Crippen molar-refractivity contribution >= 4 is 40.7 Å². The average molecular weight is 813 g/mol. The minimum absolute atomic E-state index is 0.175. The van der Waals surface area contributed by atoms with Gasteiger partial charge in [-0.1, -0.05) is 6.07 Å². The number of hydrogen-bond acceptors (Lipinski definition) is 13. The summed E-state index contributed by atoms with van der Waals surface area (Å²) in [4.78, 5) is 48.2. The molecule has 0 radical (unpaired) electrons. The minimum Gasteiger partial charge on any atom is -0.497 e. The number of carbonyl (C=O) groups is 2. The van der Waals surface area contributed by atoms with Crippen molar-refractivity contribution in [2.45, 2.75) is 0 Å². The maximum Gasteiger partial charge on any atom is 0.346 e. The molecule has 0 unspecified atom stereocenters. The van der Waals surface area contributed by atoms with E-state index in [1.165, 1.54) is 16.7 Å². The zero-order valence-corrected chi connectivity index (χ0v) is 33.9. The number of anilines is 1. The number of amides is 2. The van der Waals surface area contributed by atoms with E-state index in [0.717, 1.165) is 28.5 Å². The van der Waals surface area contributed by atoms with Crippen LogP contribution in [0.15, 0.2) is 120 Å². The molecule has 5 aromatic rings. The molecule has 0 N–H and O–H groups in total. The van der Waals surface area contributed by atoms with Gasteiger partial charge in [0.2, 0.25) is 0 Å². The summed E-state index contributed by atoms with van der Waals surface area (Å²) in [5.41, 5.74) is 3.06. The highest BCUT2D eigenvalue weighted by molar-refractivity contribution is 6.62. The second kappa shape index (κ2) is 25.1. The maximum absolute atomic E-state index is 12.3. The molecule has 58 heavy (non-hydrogen) atoms. The van der Waals surface area contributed by atoms with Crippen LogP contribution < -0.4 is 14.4 Å². The average Bonchev–Trinajstić information content (AvgIpc) is 4.03. The molecule has 0 aliphatic carbocycles. The quantitative estimate of drug-likeness (QED) is 0.158. The van der Waals surface area contributed by atoms with Crippen molar-refractivity contribution in [3.8, 4) is 22.9 Å². The van der Waals surface area contributed by atoms with Gasteiger partial charge >= 0.3 is 11.4 Å². The van der Waals surface area contributed by atoms with Gasteiger partial charge in [-0.3, -0.25) is 19.8 Å². The smallest absolute Gasteiger partial charge is 0.346 e. The Bertz CT molecular complexity index is 1940. The second-order valence-electron chi connectivity index (χ2n) is 12.3. The summed E-state index contributed by atoms with van der Waals surface area (Å²) in [5.74, 6) is 2.94. The van der Waals surface area contributed by atoms with Crippen LogP contribution >= 0.6 is 11.6 Å². The first kappa shape index (κ1) is 44.5. The van der Waals surface area contributed by atoms with Gasteiger partial charge in [0.05, 0.1) is 47.2 Å². The Morgan fingerprint density at radius 2 is 1.24 bits per heavy atom. The Kier molecular flexibility index (Phi) is 19.3. The number of methoxy groups -OCH3 is 2. The molecule has 2 amide bonds. The number of benzene rings is 2. The van der Waals surface area contributed by atoms with Crippen molar-refractivity contribution in [2.75, 3.05) is 92.4 Å². The molecule has 0 spiro atoms. The molecule has 2 fully saturated rings. The SMILES string of the molecule is CN(C)c1ccncc1.COc1ccc(-c2ncn(C(=O)N3CCOCC3)n2)cc1.COc1ccc(C2=NCC=N2)cc1.O=C(Cl)N1CCOCC1.c1ccncc1. The van der Waals surface area contributed by atoms with Crippen LogP contribution in [0, 0.1) is 0 Å². The van der Waals surface area contributed by atoms with Gasteiger partial charge in [-0.25, -0.2) is 14.8 Å². The van der Waals surface area contributed by atoms with Gasteiger partial charge in [-0.2, -0.15) is 4.68 Å². The first-order valence-corrected chi connectivity index (χ1v) is 18.8. The fourth-order valence-electron chi connectivity index (χ4n) is 5.02. The summed E-state index contributed by atoms with van der Waals surface area (Å²) in [6, 6.07) is 24.6. The van der Waals surface area contributed by atoms with Gasteiger partial charge in [-0.05, 0) is 84.4 Å². The summed E-state index contributed by atoms with van der Waals surface area (Å²) in [6.45, 7) is 5.45. The molecule has 17 heteroatoms. The van der Waals surface area contributed by atoms with Crippen LogP contribution in [0.3, 0.4) is 0 Å². The van der Waals surface area contributed by atoms with E-state index in [4.69, 9.17) is 30.5 Å². The van der Waals surface area contributed by atoms with Crippen molar-refractivity contribution in [1.82, 2.24) is 34.5 Å². The van der Waals surface area contributed by atoms with Crippen molar-refractivity contribution in [3.05, 3.63) is 116 Å². The molecule has 0 saturated carbocycles. The Labute approximate surface area is 343 Å². The minimum atomic E-state index is -0.377. The number of amidine groups is 1. The van der Waals surface area contributed by atoms with Crippen LogP contribution in [0.5, 0.6) is 11.5 Å². The fraction of sp³-hybridized carbons (Fsp3) is 0.317. The molecule has 16 nitrogen and oxygen atoms in total. The standard InChI is InChI=1S/C14H16N4O3.C10H10N2O.C7H10N2.C5H8ClNO2.C5H5N/c1-20-12-4-2-11(3-5-12)13-15-10-18(16-13)14(19)17-6-8-21-9-7-17;1-13-9-4-2-8(3-5-9)10-11-6-7-12-10;1-9(2)7-3-5-8-6-4-7;6-5(8)7-1-3-9-4-2-7;1-2-4-6-5-3-1/h2-5,10H,6-9H2,1H3;2-6H,7H2,1H3;3-6H,1-2H3;1-4H2;1-5H. The Morgan fingerprint density at radius 3 is 1.66 bits per heavy atom. The Hall–Kier alpha value is -6.23. The fourth-order valence-corrected chi connectivity index (χ4v) is 5.19. The zero-order valence-electron chi connectivity index (χ0n) is 33.1. The molecule has 0 atom stereocenters. The van der Waals surface area contributed by atoms with Crippen LogP contribution in [0.4, 0.5) is 15.3 Å². The summed E-state index contributed by atoms with van der Waals surface area (Å²) in [6.07, 6.45) is 10.3. The van der Waals surface area contributed by atoms with E-state index in [1.807, 2.05) is 97.9 Å². The first-order chi connectivity index (χ1) is 28.3. The number of aromatic nitrogens is 5. The molecule has 8 rings (SSSR count). The lowest BCUT2D eigenvalue weighted by Crippen LogP contribution is -2.43. The Balaban J connectivity index is 0.000000173. The van der Waals surface area contributed by atoms with E-state index in [0.29, 0.717) is 65.0 Å². The lowest BCUT2D eigenvalue weighted by atomic mass is 10.2. The van der Waals surface area contributed by atoms with Crippen LogP contribution in [0.2, 0.25) is 0 Å². The molecule has 3 aliphatic rings. The number of halogens is 1. The van der Waals surface area contributed by atoms with Crippen molar-refractivity contribution in [1.29, 1.82) is 0 Å². The molecule has 2 aromatic carbocycles. The lowest BCUT2D eigenvalue weighted by molar-refractivity contribution is 0.0528. The van der Waals surface area contributed by atoms with E-state index in [9.17, 15) is 9.59 Å². The molecular formula is C41H49ClN10O6. The predicted molar refractivity (Wildman–Crippen MR) is 225 cm³/mol. The van der Waals surface area contributed by atoms with E-state index < -0.39 is 0 Å². The topological polar surface area (TPSA) is 162 Å². The number of morpholine rings is 2. The van der Waals surface area contributed by atoms with E-state index in [-0.39, 0.29) is 11.4 Å². The number of carbonyl (C=O) groups excluding carboxylic acids is 2. The van der Waals surface area contributed by atoms with E-state index >= 15 is 0 Å². The van der Waals surface area contributed by atoms with Gasteiger partial charge in [-0.15, -0.1) is 5.10 Å². The monoisotopic (exact) mass is 812 g/mol. The normalized spacial score (nSPS) is 14.0. The van der Waals surface area contributed by atoms with Gasteiger partial charge in [0.25, 0.3) is 0 Å². The highest BCUT2D eigenvalue weighted by Gasteiger charge is 2.20. The number of ether oxygens (including phenoxy) is 4. The third-order valence-electron chi connectivity index (χ3n) is 8.21. The van der Waals surface area contributed by atoms with Crippen LogP contribution in [0.25, 0.3) is 11.4 Å². The number of aliphatic imine (C=N–C) groups is 2. The highest BCUT2D eigenvalue weighted by Crippen LogP contribution is 2.19. The Morgan fingerprint density at radius 1 is 0.707 bits per heavy atom. The van der Waals surface area contributed by atoms with Gasteiger partial charge in [0.1, 0.15) is 17.8 Å². The molecule has 2 saturated heterocycles. The van der Waals surface area contributed by atoms with Gasteiger partial charge in [0.15, 0.2) is 11.7 Å². The predicted octanol–water partition coefficient (Wildman–Crippen LogP) is 5.69. The molecule has 0 bridgehead atoms. The maximum atomic E-state index is 12.3. The summed E-state index contributed by atoms with van der Waals surface area (Å²) in [7, 11) is 7.29. The van der Waals surface area contributed by atoms with Crippen LogP contribution in [-0.2, 0) is 9.47 Å². The lowest BCUT2D eigenvalue weighted by Gasteiger charge is -2.25. The summed E-state index contributed by atoms with van der Waals surface area (Å²) in [5, 5.41) is 3.87. The van der Waals surface area contributed by atoms with E-state index in [2.05, 4.69) is 30.0 Å². The van der Waals surface area contributed by atoms with Crippen LogP contribution in [0.1, 0.15) is 5.56 Å². The van der Waals surface area contributed by atoms with Gasteiger partial charge in [0, 0.05) is 88.1 Å². The number of pyridine rings is 2. The highest BCUT2D eigenvalue weighted by atomic mass is 35.5. The van der Waals surface area contributed by atoms with Crippen molar-refractivity contribution < 1.29 is 28.5 Å². The third-order valence-corrected chi connectivity index (χ3v) is 8.45. The summed E-state index contributed by atoms with van der Waals surface area (Å²) >= 11 is 5.19. The van der Waals surface area contributed by atoms with Crippen LogP contribution in [-0.4, -0.2) is 145 Å². The molecule has 3 aliphatic heterocycles. The first-order valence-electron chi connectivity index (χ1n) is 18.4. The number of hydrogen-bond donors (Lipinski definition) is 0. The van der Waals surface area contributed by atoms with Crippen molar-refractivity contribution in [3.63, 3.8) is 0 Å². The van der Waals surface area contributed by atoms with Gasteiger partial charge < -0.3 is 33.6 Å². The summed E-state index contributed by atoms with van der Waals surface area (Å²) < 4.78 is 21.7.